The molecule has 3 heteroatoms. The van der Waals surface area contributed by atoms with Crippen LogP contribution < -0.4 is 5.32 Å². The number of aliphatic hydroxyl groups is 1. The molecule has 0 aromatic carbocycles. The van der Waals surface area contributed by atoms with Gasteiger partial charge >= 0.3 is 0 Å². The molecule has 0 aromatic rings. The summed E-state index contributed by atoms with van der Waals surface area (Å²) in [5.41, 5.74) is 0. The second-order valence-electron chi connectivity index (χ2n) is 5.71. The number of ether oxygens (including phenoxy) is 1. The van der Waals surface area contributed by atoms with Crippen LogP contribution in [0.25, 0.3) is 0 Å². The van der Waals surface area contributed by atoms with E-state index in [9.17, 15) is 5.11 Å². The molecule has 1 fully saturated rings. The fourth-order valence-electron chi connectivity index (χ4n) is 3.01. The average Bonchev–Trinajstić information content (AvgIpc) is 2.56. The van der Waals surface area contributed by atoms with Gasteiger partial charge in [0, 0.05) is 13.2 Å². The van der Waals surface area contributed by atoms with Gasteiger partial charge in [-0.25, -0.2) is 0 Å². The molecule has 0 radical (unpaired) electrons. The Morgan fingerprint density at radius 1 is 1.28 bits per heavy atom. The van der Waals surface area contributed by atoms with Gasteiger partial charge in [-0.2, -0.15) is 0 Å². The van der Waals surface area contributed by atoms with Gasteiger partial charge in [-0.1, -0.05) is 32.6 Å². The highest BCUT2D eigenvalue weighted by atomic mass is 16.5. The van der Waals surface area contributed by atoms with Gasteiger partial charge in [0.1, 0.15) is 0 Å². The van der Waals surface area contributed by atoms with Gasteiger partial charge in [0.2, 0.25) is 0 Å². The van der Waals surface area contributed by atoms with Crippen LogP contribution in [-0.4, -0.2) is 37.5 Å². The third kappa shape index (κ3) is 6.72. The first-order valence-electron chi connectivity index (χ1n) is 7.66. The molecule has 0 spiro atoms. The Bertz CT molecular complexity index is 199. The van der Waals surface area contributed by atoms with E-state index in [1.165, 1.54) is 44.9 Å². The second-order valence-corrected chi connectivity index (χ2v) is 5.71. The minimum Gasteiger partial charge on any atom is -0.391 e. The number of nitrogens with one attached hydrogen (secondary N) is 1. The van der Waals surface area contributed by atoms with Gasteiger partial charge in [0.25, 0.3) is 0 Å². The van der Waals surface area contributed by atoms with E-state index >= 15 is 0 Å². The average molecular weight is 257 g/mol. The minimum atomic E-state index is -0.318. The van der Waals surface area contributed by atoms with Crippen LogP contribution in [-0.2, 0) is 4.74 Å². The molecular weight excluding hydrogens is 226 g/mol. The first-order valence-corrected chi connectivity index (χ1v) is 7.66. The number of aliphatic hydroxyl groups excluding tert-OH is 1. The molecule has 1 aliphatic rings. The number of hydrogen-bond acceptors (Lipinski definition) is 3. The van der Waals surface area contributed by atoms with E-state index in [0.29, 0.717) is 12.6 Å². The van der Waals surface area contributed by atoms with Crippen LogP contribution in [0.5, 0.6) is 0 Å². The first-order chi connectivity index (χ1) is 8.76. The van der Waals surface area contributed by atoms with Crippen molar-refractivity contribution in [2.24, 2.45) is 5.92 Å². The van der Waals surface area contributed by atoms with Gasteiger partial charge < -0.3 is 15.2 Å². The monoisotopic (exact) mass is 257 g/mol. The van der Waals surface area contributed by atoms with Crippen molar-refractivity contribution < 1.29 is 9.84 Å². The predicted octanol–water partition coefficient (Wildman–Crippen LogP) is 2.72. The Labute approximate surface area is 112 Å². The van der Waals surface area contributed by atoms with Crippen LogP contribution in [0.3, 0.4) is 0 Å². The third-order valence-corrected chi connectivity index (χ3v) is 4.05. The predicted molar refractivity (Wildman–Crippen MR) is 75.8 cm³/mol. The van der Waals surface area contributed by atoms with E-state index in [1.54, 1.807) is 7.11 Å². The van der Waals surface area contributed by atoms with Gasteiger partial charge in [0.05, 0.1) is 12.7 Å². The summed E-state index contributed by atoms with van der Waals surface area (Å²) >= 11 is 0. The number of rotatable bonds is 8. The van der Waals surface area contributed by atoms with Gasteiger partial charge in [-0.3, -0.25) is 0 Å². The zero-order valence-corrected chi connectivity index (χ0v) is 12.2. The smallest absolute Gasteiger partial charge is 0.0785 e. The van der Waals surface area contributed by atoms with Crippen molar-refractivity contribution in [2.75, 3.05) is 20.3 Å². The first kappa shape index (κ1) is 15.9. The molecule has 1 saturated carbocycles. The normalized spacial score (nSPS) is 26.8. The van der Waals surface area contributed by atoms with Gasteiger partial charge in [0.15, 0.2) is 0 Å². The number of hydrogen-bond donors (Lipinski definition) is 2. The van der Waals surface area contributed by atoms with Crippen LogP contribution in [0, 0.1) is 5.92 Å². The molecule has 3 unspecified atom stereocenters. The van der Waals surface area contributed by atoms with E-state index in [-0.39, 0.29) is 6.10 Å². The molecule has 0 heterocycles. The molecule has 2 N–H and O–H groups in total. The highest BCUT2D eigenvalue weighted by Gasteiger charge is 2.17. The van der Waals surface area contributed by atoms with E-state index < -0.39 is 0 Å². The minimum absolute atomic E-state index is 0.318. The topological polar surface area (TPSA) is 41.5 Å². The van der Waals surface area contributed by atoms with Gasteiger partial charge in [-0.15, -0.1) is 0 Å². The molecular formula is C15H31NO2. The molecule has 0 saturated heterocycles. The zero-order chi connectivity index (χ0) is 13.2. The summed E-state index contributed by atoms with van der Waals surface area (Å²) in [7, 11) is 1.63. The highest BCUT2D eigenvalue weighted by Crippen LogP contribution is 2.26. The third-order valence-electron chi connectivity index (χ3n) is 4.05. The fraction of sp³-hybridized carbons (Fsp3) is 1.00. The van der Waals surface area contributed by atoms with Crippen LogP contribution in [0.1, 0.15) is 58.3 Å². The van der Waals surface area contributed by atoms with Crippen molar-refractivity contribution in [2.45, 2.75) is 70.4 Å². The van der Waals surface area contributed by atoms with Crippen LogP contribution in [0.4, 0.5) is 0 Å². The van der Waals surface area contributed by atoms with Crippen molar-refractivity contribution in [3.63, 3.8) is 0 Å². The van der Waals surface area contributed by atoms with Gasteiger partial charge in [-0.05, 0) is 38.1 Å². The SMILES string of the molecule is CCCC1CCCC(NCCC(O)COC)CC1. The van der Waals surface area contributed by atoms with E-state index in [4.69, 9.17) is 4.74 Å². The maximum absolute atomic E-state index is 9.58. The summed E-state index contributed by atoms with van der Waals surface area (Å²) in [6.07, 6.45) is 9.98. The van der Waals surface area contributed by atoms with Crippen molar-refractivity contribution in [1.29, 1.82) is 0 Å². The lowest BCUT2D eigenvalue weighted by molar-refractivity contribution is 0.0589. The molecule has 18 heavy (non-hydrogen) atoms. The van der Waals surface area contributed by atoms with Crippen molar-refractivity contribution in [3.8, 4) is 0 Å². The Balaban J connectivity index is 2.11. The second kappa shape index (κ2) is 9.76. The Kier molecular flexibility index (Phi) is 8.64. The summed E-state index contributed by atoms with van der Waals surface area (Å²) < 4.78 is 4.93. The zero-order valence-electron chi connectivity index (χ0n) is 12.2. The van der Waals surface area contributed by atoms with Crippen molar-refractivity contribution in [1.82, 2.24) is 5.32 Å². The Hall–Kier alpha value is -0.120. The Morgan fingerprint density at radius 2 is 2.11 bits per heavy atom. The maximum Gasteiger partial charge on any atom is 0.0785 e. The largest absolute Gasteiger partial charge is 0.391 e. The molecule has 3 nitrogen and oxygen atoms in total. The number of methoxy groups -OCH3 is 1. The lowest BCUT2D eigenvalue weighted by Gasteiger charge is -2.18. The van der Waals surface area contributed by atoms with Crippen LogP contribution in [0.15, 0.2) is 0 Å². The summed E-state index contributed by atoms with van der Waals surface area (Å²) in [5.74, 6) is 0.959. The van der Waals surface area contributed by atoms with Crippen LogP contribution >= 0.6 is 0 Å². The molecule has 0 aromatic heterocycles. The lowest BCUT2D eigenvalue weighted by atomic mass is 9.95. The van der Waals surface area contributed by atoms with E-state index in [0.717, 1.165) is 18.9 Å². The summed E-state index contributed by atoms with van der Waals surface area (Å²) in [6.45, 7) is 3.65. The quantitative estimate of drug-likeness (QED) is 0.657. The summed E-state index contributed by atoms with van der Waals surface area (Å²) in [6, 6.07) is 0.668. The summed E-state index contributed by atoms with van der Waals surface area (Å²) in [4.78, 5) is 0. The molecule has 3 atom stereocenters. The molecule has 0 aliphatic heterocycles. The van der Waals surface area contributed by atoms with E-state index in [2.05, 4.69) is 12.2 Å². The molecule has 0 bridgehead atoms. The summed E-state index contributed by atoms with van der Waals surface area (Å²) in [5, 5.41) is 13.2. The molecule has 0 amide bonds. The standard InChI is InChI=1S/C15H31NO2/c1-3-5-13-6-4-7-14(9-8-13)16-11-10-15(17)12-18-2/h13-17H,3-12H2,1-2H3. The lowest BCUT2D eigenvalue weighted by Crippen LogP contribution is -2.32. The van der Waals surface area contributed by atoms with E-state index in [1.807, 2.05) is 0 Å². The fourth-order valence-corrected chi connectivity index (χ4v) is 3.01. The van der Waals surface area contributed by atoms with Crippen LogP contribution in [0.2, 0.25) is 0 Å². The molecule has 1 aliphatic carbocycles. The Morgan fingerprint density at radius 3 is 2.83 bits per heavy atom. The highest BCUT2D eigenvalue weighted by molar-refractivity contribution is 4.75. The maximum atomic E-state index is 9.58. The molecule has 1 rings (SSSR count). The van der Waals surface area contributed by atoms with Crippen molar-refractivity contribution >= 4 is 0 Å². The molecule has 108 valence electrons. The van der Waals surface area contributed by atoms with Crippen molar-refractivity contribution in [3.05, 3.63) is 0 Å².